The quantitative estimate of drug-likeness (QED) is 0.721. The molecule has 0 aliphatic carbocycles. The van der Waals surface area contributed by atoms with Gasteiger partial charge in [0.2, 0.25) is 5.82 Å². The third-order valence-electron chi connectivity index (χ3n) is 4.18. The molecule has 26 heavy (non-hydrogen) atoms. The smallest absolute Gasteiger partial charge is 0.255 e. The predicted octanol–water partition coefficient (Wildman–Crippen LogP) is 4.23. The van der Waals surface area contributed by atoms with Gasteiger partial charge in [-0.2, -0.15) is 4.39 Å². The Balaban J connectivity index is 1.83. The second-order valence-electron chi connectivity index (χ2n) is 5.84. The molecule has 132 valence electrons. The van der Waals surface area contributed by atoms with Crippen LogP contribution in [-0.4, -0.2) is 17.6 Å². The lowest BCUT2D eigenvalue weighted by Crippen LogP contribution is -2.29. The summed E-state index contributed by atoms with van der Waals surface area (Å²) < 4.78 is 26.6. The van der Waals surface area contributed by atoms with E-state index in [0.717, 1.165) is 23.3 Å². The number of halogens is 2. The SMILES string of the molecule is O=C(NCC(c1ccccc1)c1ccccc1)c1ccc(F)c(F)c1O. The summed E-state index contributed by atoms with van der Waals surface area (Å²) in [6, 6.07) is 21.2. The molecule has 0 spiro atoms. The highest BCUT2D eigenvalue weighted by atomic mass is 19.2. The molecular formula is C21H17F2NO2. The van der Waals surface area contributed by atoms with Crippen LogP contribution in [0.15, 0.2) is 72.8 Å². The molecular weight excluding hydrogens is 336 g/mol. The first kappa shape index (κ1) is 17.6. The zero-order valence-electron chi connectivity index (χ0n) is 13.8. The lowest BCUT2D eigenvalue weighted by Gasteiger charge is -2.19. The maximum absolute atomic E-state index is 13.5. The minimum atomic E-state index is -1.43. The van der Waals surface area contributed by atoms with Gasteiger partial charge in [0, 0.05) is 12.5 Å². The fourth-order valence-electron chi connectivity index (χ4n) is 2.81. The number of hydrogen-bond acceptors (Lipinski definition) is 2. The molecule has 0 aliphatic rings. The van der Waals surface area contributed by atoms with Crippen molar-refractivity contribution in [1.29, 1.82) is 0 Å². The van der Waals surface area contributed by atoms with Crippen molar-refractivity contribution < 1.29 is 18.7 Å². The van der Waals surface area contributed by atoms with Gasteiger partial charge in [0.25, 0.3) is 5.91 Å². The summed E-state index contributed by atoms with van der Waals surface area (Å²) in [5.74, 6) is -4.41. The Hall–Kier alpha value is -3.21. The van der Waals surface area contributed by atoms with E-state index in [1.807, 2.05) is 60.7 Å². The second-order valence-corrected chi connectivity index (χ2v) is 5.84. The van der Waals surface area contributed by atoms with E-state index in [9.17, 15) is 18.7 Å². The molecule has 3 rings (SSSR count). The van der Waals surface area contributed by atoms with E-state index in [0.29, 0.717) is 0 Å². The normalized spacial score (nSPS) is 10.7. The summed E-state index contributed by atoms with van der Waals surface area (Å²) in [6.07, 6.45) is 0. The molecule has 5 heteroatoms. The number of amides is 1. The first-order valence-corrected chi connectivity index (χ1v) is 8.13. The van der Waals surface area contributed by atoms with E-state index in [4.69, 9.17) is 0 Å². The maximum Gasteiger partial charge on any atom is 0.255 e. The van der Waals surface area contributed by atoms with Crippen molar-refractivity contribution in [2.45, 2.75) is 5.92 Å². The Morgan fingerprint density at radius 2 is 1.42 bits per heavy atom. The van der Waals surface area contributed by atoms with Gasteiger partial charge in [-0.25, -0.2) is 4.39 Å². The molecule has 0 atom stereocenters. The molecule has 0 radical (unpaired) electrons. The number of benzene rings is 3. The molecule has 0 aliphatic heterocycles. The van der Waals surface area contributed by atoms with Crippen LogP contribution in [0.5, 0.6) is 5.75 Å². The van der Waals surface area contributed by atoms with E-state index in [1.165, 1.54) is 0 Å². The molecule has 2 N–H and O–H groups in total. The summed E-state index contributed by atoms with van der Waals surface area (Å²) >= 11 is 0. The lowest BCUT2D eigenvalue weighted by atomic mass is 9.91. The van der Waals surface area contributed by atoms with Gasteiger partial charge >= 0.3 is 0 Å². The topological polar surface area (TPSA) is 49.3 Å². The van der Waals surface area contributed by atoms with Crippen molar-refractivity contribution in [3.63, 3.8) is 0 Å². The Morgan fingerprint density at radius 1 is 0.885 bits per heavy atom. The van der Waals surface area contributed by atoms with Crippen molar-refractivity contribution in [2.24, 2.45) is 0 Å². The third-order valence-corrected chi connectivity index (χ3v) is 4.18. The summed E-state index contributed by atoms with van der Waals surface area (Å²) in [7, 11) is 0. The van der Waals surface area contributed by atoms with Crippen LogP contribution in [0.4, 0.5) is 8.78 Å². The number of hydrogen-bond donors (Lipinski definition) is 2. The van der Waals surface area contributed by atoms with E-state index >= 15 is 0 Å². The summed E-state index contributed by atoms with van der Waals surface area (Å²) in [4.78, 5) is 12.3. The Morgan fingerprint density at radius 3 is 1.96 bits per heavy atom. The minimum Gasteiger partial charge on any atom is -0.504 e. The van der Waals surface area contributed by atoms with Gasteiger partial charge in [0.15, 0.2) is 11.6 Å². The number of phenols is 1. The molecule has 3 aromatic carbocycles. The average molecular weight is 353 g/mol. The number of nitrogens with one attached hydrogen (secondary N) is 1. The van der Waals surface area contributed by atoms with Crippen molar-refractivity contribution in [3.8, 4) is 5.75 Å². The first-order valence-electron chi connectivity index (χ1n) is 8.13. The monoisotopic (exact) mass is 353 g/mol. The van der Waals surface area contributed by atoms with E-state index < -0.39 is 23.3 Å². The average Bonchev–Trinajstić information content (AvgIpc) is 2.68. The van der Waals surface area contributed by atoms with Crippen LogP contribution in [0.25, 0.3) is 0 Å². The Kier molecular flexibility index (Phi) is 5.27. The molecule has 0 bridgehead atoms. The predicted molar refractivity (Wildman–Crippen MR) is 95.1 cm³/mol. The van der Waals surface area contributed by atoms with Gasteiger partial charge in [-0.3, -0.25) is 4.79 Å². The van der Waals surface area contributed by atoms with Crippen LogP contribution >= 0.6 is 0 Å². The Labute approximate surface area is 149 Å². The van der Waals surface area contributed by atoms with Crippen molar-refractivity contribution in [3.05, 3.63) is 101 Å². The molecule has 0 saturated heterocycles. The van der Waals surface area contributed by atoms with Gasteiger partial charge in [-0.1, -0.05) is 60.7 Å². The molecule has 0 saturated carbocycles. The zero-order chi connectivity index (χ0) is 18.5. The summed E-state index contributed by atoms with van der Waals surface area (Å²) in [5.41, 5.74) is 1.71. The first-order chi connectivity index (χ1) is 12.6. The van der Waals surface area contributed by atoms with Gasteiger partial charge in [-0.15, -0.1) is 0 Å². The highest BCUT2D eigenvalue weighted by Crippen LogP contribution is 2.26. The number of phenolic OH excluding ortho intramolecular Hbond substituents is 1. The largest absolute Gasteiger partial charge is 0.504 e. The van der Waals surface area contributed by atoms with Crippen molar-refractivity contribution >= 4 is 5.91 Å². The summed E-state index contributed by atoms with van der Waals surface area (Å²) in [5, 5.41) is 12.4. The van der Waals surface area contributed by atoms with Crippen molar-refractivity contribution in [1.82, 2.24) is 5.32 Å². The highest BCUT2D eigenvalue weighted by molar-refractivity contribution is 5.96. The molecule has 0 unspecified atom stereocenters. The number of aromatic hydroxyl groups is 1. The Bertz CT molecular complexity index is 859. The van der Waals surface area contributed by atoms with Crippen LogP contribution in [0.1, 0.15) is 27.4 Å². The summed E-state index contributed by atoms with van der Waals surface area (Å²) in [6.45, 7) is 0.241. The van der Waals surface area contributed by atoms with Gasteiger partial charge < -0.3 is 10.4 Å². The molecule has 3 nitrogen and oxygen atoms in total. The highest BCUT2D eigenvalue weighted by Gasteiger charge is 2.20. The fourth-order valence-corrected chi connectivity index (χ4v) is 2.81. The van der Waals surface area contributed by atoms with Crippen LogP contribution in [-0.2, 0) is 0 Å². The third kappa shape index (κ3) is 3.72. The van der Waals surface area contributed by atoms with E-state index in [2.05, 4.69) is 5.32 Å². The number of rotatable bonds is 5. The van der Waals surface area contributed by atoms with E-state index in [1.54, 1.807) is 0 Å². The van der Waals surface area contributed by atoms with Crippen LogP contribution < -0.4 is 5.32 Å². The van der Waals surface area contributed by atoms with Crippen molar-refractivity contribution in [2.75, 3.05) is 6.54 Å². The van der Waals surface area contributed by atoms with Crippen LogP contribution in [0.3, 0.4) is 0 Å². The second kappa shape index (κ2) is 7.78. The van der Waals surface area contributed by atoms with Gasteiger partial charge in [-0.05, 0) is 23.3 Å². The lowest BCUT2D eigenvalue weighted by molar-refractivity contribution is 0.0948. The van der Waals surface area contributed by atoms with Crippen LogP contribution in [0.2, 0.25) is 0 Å². The fraction of sp³-hybridized carbons (Fsp3) is 0.0952. The maximum atomic E-state index is 13.5. The van der Waals surface area contributed by atoms with Gasteiger partial charge in [0.1, 0.15) is 0 Å². The zero-order valence-corrected chi connectivity index (χ0v) is 13.8. The number of carbonyl (C=O) groups excluding carboxylic acids is 1. The standard InChI is InChI=1S/C21H17F2NO2/c22-18-12-11-16(20(25)19(18)23)21(26)24-13-17(14-7-3-1-4-8-14)15-9-5-2-6-10-15/h1-12,17,25H,13H2,(H,24,26). The minimum absolute atomic E-state index is 0.117. The van der Waals surface area contributed by atoms with Gasteiger partial charge in [0.05, 0.1) is 5.56 Å². The molecule has 0 heterocycles. The molecule has 3 aromatic rings. The van der Waals surface area contributed by atoms with E-state index in [-0.39, 0.29) is 18.0 Å². The molecule has 0 fully saturated rings. The van der Waals surface area contributed by atoms with Crippen LogP contribution in [0, 0.1) is 11.6 Å². The molecule has 0 aromatic heterocycles. The number of carbonyl (C=O) groups is 1. The molecule has 1 amide bonds.